The van der Waals surface area contributed by atoms with Gasteiger partial charge in [-0.15, -0.1) is 0 Å². The number of aliphatic hydroxyl groups is 2. The molecule has 0 saturated heterocycles. The Morgan fingerprint density at radius 2 is 1.79 bits per heavy atom. The first kappa shape index (κ1) is 12.6. The normalized spacial score (nSPS) is 10.9. The largest absolute Gasteiger partial charge is 0.467 e. The maximum Gasteiger partial charge on any atom is 0.339 e. The van der Waals surface area contributed by atoms with Crippen LogP contribution in [0.3, 0.4) is 0 Å². The van der Waals surface area contributed by atoms with E-state index in [1.165, 1.54) is 7.11 Å². The Balaban J connectivity index is 0.000000791. The van der Waals surface area contributed by atoms with Crippen LogP contribution < -0.4 is 0 Å². The average Bonchev–Trinajstić information content (AvgIpc) is 2.31. The van der Waals surface area contributed by atoms with Crippen molar-refractivity contribution in [3.05, 3.63) is 35.9 Å². The first-order valence-electron chi connectivity index (χ1n) is 4.01. The Labute approximate surface area is 82.8 Å². The summed E-state index contributed by atoms with van der Waals surface area (Å²) in [6.45, 7) is 0. The maximum atomic E-state index is 10.8. The van der Waals surface area contributed by atoms with Gasteiger partial charge in [-0.3, -0.25) is 0 Å². The molecule has 4 nitrogen and oxygen atoms in total. The molecule has 2 N–H and O–H groups in total. The average molecular weight is 198 g/mol. The third-order valence-corrected chi connectivity index (χ3v) is 1.54. The minimum absolute atomic E-state index is 0.546. The molecule has 0 aromatic heterocycles. The van der Waals surface area contributed by atoms with E-state index in [1.807, 2.05) is 6.07 Å². The lowest BCUT2D eigenvalue weighted by atomic mass is 10.1. The van der Waals surface area contributed by atoms with E-state index in [0.29, 0.717) is 5.56 Å². The van der Waals surface area contributed by atoms with E-state index in [1.54, 1.807) is 24.3 Å². The Kier molecular flexibility index (Phi) is 6.36. The van der Waals surface area contributed by atoms with Crippen molar-refractivity contribution in [2.24, 2.45) is 0 Å². The number of benzene rings is 1. The molecule has 0 aliphatic rings. The van der Waals surface area contributed by atoms with Crippen molar-refractivity contribution in [3.63, 3.8) is 0 Å². The zero-order chi connectivity index (χ0) is 11.0. The van der Waals surface area contributed by atoms with E-state index in [4.69, 9.17) is 5.11 Å². The van der Waals surface area contributed by atoms with Crippen molar-refractivity contribution < 1.29 is 19.7 Å². The summed E-state index contributed by atoms with van der Waals surface area (Å²) in [4.78, 5) is 10.8. The van der Waals surface area contributed by atoms with Gasteiger partial charge in [0.15, 0.2) is 6.10 Å². The fourth-order valence-electron chi connectivity index (χ4n) is 0.883. The van der Waals surface area contributed by atoms with Gasteiger partial charge in [-0.1, -0.05) is 30.3 Å². The van der Waals surface area contributed by atoms with E-state index in [-0.39, 0.29) is 0 Å². The minimum atomic E-state index is -1.17. The Bertz CT molecular complexity index is 258. The molecule has 1 aromatic carbocycles. The highest BCUT2D eigenvalue weighted by molar-refractivity contribution is 5.75. The highest BCUT2D eigenvalue weighted by Crippen LogP contribution is 2.12. The third kappa shape index (κ3) is 3.55. The molecule has 0 bridgehead atoms. The van der Waals surface area contributed by atoms with E-state index < -0.39 is 12.1 Å². The number of methoxy groups -OCH3 is 1. The number of rotatable bonds is 2. The summed E-state index contributed by atoms with van der Waals surface area (Å²) in [6, 6.07) is 8.65. The van der Waals surface area contributed by atoms with Crippen LogP contribution in [-0.4, -0.2) is 30.4 Å². The predicted molar refractivity (Wildman–Crippen MR) is 51.6 cm³/mol. The number of carbonyl (C=O) groups is 1. The number of ether oxygens (including phenoxy) is 1. The smallest absolute Gasteiger partial charge is 0.339 e. The topological polar surface area (TPSA) is 66.8 Å². The second kappa shape index (κ2) is 7.06. The molecule has 0 fully saturated rings. The second-order valence-corrected chi connectivity index (χ2v) is 2.34. The van der Waals surface area contributed by atoms with Crippen LogP contribution in [0.4, 0.5) is 0 Å². The molecule has 14 heavy (non-hydrogen) atoms. The standard InChI is InChI=1S/C9H10O3.CH4O/c1-12-9(11)8(10)7-5-3-2-4-6-7;1-2/h2-6,8,10H,1H3;2H,1H3. The van der Waals surface area contributed by atoms with Crippen LogP contribution in [0.1, 0.15) is 11.7 Å². The summed E-state index contributed by atoms with van der Waals surface area (Å²) in [5.41, 5.74) is 0.546. The molecule has 0 aliphatic heterocycles. The molecule has 0 aliphatic carbocycles. The van der Waals surface area contributed by atoms with E-state index in [2.05, 4.69) is 4.74 Å². The minimum Gasteiger partial charge on any atom is -0.467 e. The summed E-state index contributed by atoms with van der Waals surface area (Å²) in [6.07, 6.45) is -1.17. The van der Waals surface area contributed by atoms with Gasteiger partial charge in [0.1, 0.15) is 0 Å². The van der Waals surface area contributed by atoms with Gasteiger partial charge in [-0.25, -0.2) is 4.79 Å². The molecule has 0 saturated carbocycles. The fourth-order valence-corrected chi connectivity index (χ4v) is 0.883. The molecule has 0 radical (unpaired) electrons. The van der Waals surface area contributed by atoms with Gasteiger partial charge in [0.05, 0.1) is 7.11 Å². The number of aliphatic hydroxyl groups excluding tert-OH is 2. The predicted octanol–water partition coefficient (Wildman–Crippen LogP) is 0.501. The van der Waals surface area contributed by atoms with E-state index in [0.717, 1.165) is 7.11 Å². The number of hydrogen-bond donors (Lipinski definition) is 2. The Morgan fingerprint density at radius 3 is 2.21 bits per heavy atom. The lowest BCUT2D eigenvalue weighted by molar-refractivity contribution is -0.150. The third-order valence-electron chi connectivity index (χ3n) is 1.54. The van der Waals surface area contributed by atoms with Crippen LogP contribution in [0.2, 0.25) is 0 Å². The van der Waals surface area contributed by atoms with Crippen LogP contribution in [-0.2, 0) is 9.53 Å². The first-order chi connectivity index (χ1) is 6.75. The van der Waals surface area contributed by atoms with Crippen molar-refractivity contribution in [1.82, 2.24) is 0 Å². The van der Waals surface area contributed by atoms with Crippen molar-refractivity contribution in [2.75, 3.05) is 14.2 Å². The Hall–Kier alpha value is -1.39. The zero-order valence-electron chi connectivity index (χ0n) is 8.18. The van der Waals surface area contributed by atoms with Gasteiger partial charge < -0.3 is 14.9 Å². The molecule has 0 amide bonds. The van der Waals surface area contributed by atoms with Gasteiger partial charge in [-0.2, -0.15) is 0 Å². The van der Waals surface area contributed by atoms with Crippen molar-refractivity contribution in [2.45, 2.75) is 6.10 Å². The molecular weight excluding hydrogens is 184 g/mol. The summed E-state index contributed by atoms with van der Waals surface area (Å²) < 4.78 is 4.38. The molecule has 1 rings (SSSR count). The van der Waals surface area contributed by atoms with Crippen LogP contribution in [0, 0.1) is 0 Å². The van der Waals surface area contributed by atoms with Gasteiger partial charge in [0, 0.05) is 7.11 Å². The van der Waals surface area contributed by atoms with Gasteiger partial charge in [0.25, 0.3) is 0 Å². The lowest BCUT2D eigenvalue weighted by Gasteiger charge is -2.07. The molecule has 1 atom stereocenters. The fraction of sp³-hybridized carbons (Fsp3) is 0.300. The molecule has 1 unspecified atom stereocenters. The number of esters is 1. The highest BCUT2D eigenvalue weighted by Gasteiger charge is 2.16. The highest BCUT2D eigenvalue weighted by atomic mass is 16.5. The summed E-state index contributed by atoms with van der Waals surface area (Å²) in [5.74, 6) is -0.638. The molecule has 4 heteroatoms. The summed E-state index contributed by atoms with van der Waals surface area (Å²) in [7, 11) is 2.24. The van der Waals surface area contributed by atoms with Crippen molar-refractivity contribution in [3.8, 4) is 0 Å². The molecule has 1 aromatic rings. The van der Waals surface area contributed by atoms with Crippen LogP contribution in [0.5, 0.6) is 0 Å². The first-order valence-corrected chi connectivity index (χ1v) is 4.01. The lowest BCUT2D eigenvalue weighted by Crippen LogP contribution is -2.13. The molecular formula is C10H14O4. The van der Waals surface area contributed by atoms with Crippen molar-refractivity contribution >= 4 is 5.97 Å². The van der Waals surface area contributed by atoms with Gasteiger partial charge >= 0.3 is 5.97 Å². The SMILES string of the molecule is CO.COC(=O)C(O)c1ccccc1. The van der Waals surface area contributed by atoms with E-state index >= 15 is 0 Å². The zero-order valence-corrected chi connectivity index (χ0v) is 8.18. The van der Waals surface area contributed by atoms with Crippen LogP contribution in [0.25, 0.3) is 0 Å². The van der Waals surface area contributed by atoms with E-state index in [9.17, 15) is 9.90 Å². The van der Waals surface area contributed by atoms with Gasteiger partial charge in [0.2, 0.25) is 0 Å². The van der Waals surface area contributed by atoms with Crippen molar-refractivity contribution in [1.29, 1.82) is 0 Å². The summed E-state index contributed by atoms with van der Waals surface area (Å²) in [5, 5.41) is 16.3. The van der Waals surface area contributed by atoms with Crippen LogP contribution in [0.15, 0.2) is 30.3 Å². The monoisotopic (exact) mass is 198 g/mol. The van der Waals surface area contributed by atoms with Crippen LogP contribution >= 0.6 is 0 Å². The maximum absolute atomic E-state index is 10.8. The number of carbonyl (C=O) groups excluding carboxylic acids is 1. The quantitative estimate of drug-likeness (QED) is 0.679. The second-order valence-electron chi connectivity index (χ2n) is 2.34. The summed E-state index contributed by atoms with van der Waals surface area (Å²) >= 11 is 0. The molecule has 0 spiro atoms. The molecule has 0 heterocycles. The van der Waals surface area contributed by atoms with Gasteiger partial charge in [-0.05, 0) is 5.56 Å². The molecule has 78 valence electrons. The number of hydrogen-bond acceptors (Lipinski definition) is 4. The Morgan fingerprint density at radius 1 is 1.29 bits per heavy atom.